The lowest BCUT2D eigenvalue weighted by molar-refractivity contribution is -0.205. The van der Waals surface area contributed by atoms with E-state index in [4.69, 9.17) is 44.3 Å². The minimum absolute atomic E-state index is 0.00655. The first kappa shape index (κ1) is 37.7. The predicted octanol–water partition coefficient (Wildman–Crippen LogP) is 6.94. The van der Waals surface area contributed by atoms with Crippen LogP contribution in [0.5, 0.6) is 0 Å². The van der Waals surface area contributed by atoms with Gasteiger partial charge in [0.15, 0.2) is 28.8 Å². The van der Waals surface area contributed by atoms with Crippen molar-refractivity contribution in [3.05, 3.63) is 11.5 Å². The van der Waals surface area contributed by atoms with Gasteiger partial charge in [0.1, 0.15) is 23.9 Å². The first-order valence-electron chi connectivity index (χ1n) is 16.5. The van der Waals surface area contributed by atoms with Gasteiger partial charge in [-0.1, -0.05) is 12.8 Å². The van der Waals surface area contributed by atoms with Gasteiger partial charge >= 0.3 is 13.7 Å². The van der Waals surface area contributed by atoms with Crippen LogP contribution in [0.1, 0.15) is 87.3 Å². The number of hydrogen-bond acceptors (Lipinski definition) is 13. The maximum Gasteiger partial charge on any atom is 0.416 e. The van der Waals surface area contributed by atoms with Crippen molar-refractivity contribution in [2.24, 2.45) is 0 Å². The lowest BCUT2D eigenvalue weighted by Crippen LogP contribution is -2.43. The minimum atomic E-state index is -3.68. The Labute approximate surface area is 291 Å². The number of anilines is 1. The van der Waals surface area contributed by atoms with Crippen LogP contribution in [0.2, 0.25) is 5.28 Å². The fraction of sp³-hybridized carbons (Fsp3) is 0.806. The highest BCUT2D eigenvalue weighted by Crippen LogP contribution is 2.61. The summed E-state index contributed by atoms with van der Waals surface area (Å²) in [5.41, 5.74) is -0.352. The summed E-state index contributed by atoms with van der Waals surface area (Å²) in [4.78, 5) is 24.3. The molecule has 2 aromatic heterocycles. The molecule has 270 valence electrons. The second-order valence-corrected chi connectivity index (χ2v) is 17.5. The number of fused-ring (bicyclic) bond motifs is 2. The zero-order chi connectivity index (χ0) is 35.1. The van der Waals surface area contributed by atoms with E-state index in [-0.39, 0.29) is 31.1 Å². The highest BCUT2D eigenvalue weighted by atomic mass is 35.5. The Bertz CT molecular complexity index is 1490. The van der Waals surface area contributed by atoms with Crippen molar-refractivity contribution in [2.75, 3.05) is 36.7 Å². The van der Waals surface area contributed by atoms with E-state index in [1.54, 1.807) is 36.5 Å². The summed E-state index contributed by atoms with van der Waals surface area (Å²) in [7, 11) is -3.68. The van der Waals surface area contributed by atoms with Gasteiger partial charge in [-0.2, -0.15) is 26.8 Å². The molecule has 1 amide bonds. The maximum absolute atomic E-state index is 13.9. The average Bonchev–Trinajstić information content (AvgIpc) is 3.76. The van der Waals surface area contributed by atoms with Crippen molar-refractivity contribution in [1.29, 1.82) is 0 Å². The number of nitrogens with zero attached hydrogens (tertiary/aromatic N) is 5. The van der Waals surface area contributed by atoms with Crippen molar-refractivity contribution >= 4 is 53.9 Å². The fourth-order valence-corrected chi connectivity index (χ4v) is 9.84. The molecular weight excluding hydrogens is 685 g/mol. The van der Waals surface area contributed by atoms with E-state index in [0.717, 1.165) is 25.7 Å². The molecule has 2 saturated heterocycles. The van der Waals surface area contributed by atoms with Gasteiger partial charge in [0.2, 0.25) is 5.28 Å². The third kappa shape index (κ3) is 7.69. The highest BCUT2D eigenvalue weighted by molar-refractivity contribution is 7.99. The molecule has 48 heavy (non-hydrogen) atoms. The maximum atomic E-state index is 13.9. The zero-order valence-corrected chi connectivity index (χ0v) is 31.7. The number of thioether (sulfide) groups is 1. The molecule has 2 aliphatic heterocycles. The molecule has 1 unspecified atom stereocenters. The van der Waals surface area contributed by atoms with E-state index in [0.29, 0.717) is 22.6 Å². The number of carbonyl (C=O) groups is 1. The molecule has 0 bridgehead atoms. The number of carbonyl (C=O) groups excluding carboxylic acids is 1. The molecule has 0 radical (unpaired) electrons. The summed E-state index contributed by atoms with van der Waals surface area (Å²) < 4.78 is 58.4. The Morgan fingerprint density at radius 1 is 1.12 bits per heavy atom. The molecule has 1 saturated carbocycles. The Kier molecular flexibility index (Phi) is 11.5. The lowest BCUT2D eigenvalue weighted by atomic mass is 10.1. The van der Waals surface area contributed by atoms with Crippen LogP contribution in [0.3, 0.4) is 0 Å². The molecule has 2 aromatic rings. The number of amides is 1. The SMILES string of the molecule is CCOP(=O)(OCC)C(C)(CSC)OC[C@H]1O[C@@H](n2ncc3c(N(C(=O)OC(C)(C)C)C4CCCC4)nc(Cl)nc32)[C@@H]2OC(C)(C)O[C@@H]21. The molecule has 3 fully saturated rings. The van der Waals surface area contributed by atoms with Crippen molar-refractivity contribution < 1.29 is 42.1 Å². The Hall–Kier alpha value is -1.55. The largest absolute Gasteiger partial charge is 0.443 e. The van der Waals surface area contributed by atoms with Crippen LogP contribution in [0, 0.1) is 0 Å². The molecule has 14 nitrogen and oxygen atoms in total. The monoisotopic (exact) mass is 733 g/mol. The van der Waals surface area contributed by atoms with Gasteiger partial charge in [-0.05, 0) is 86.1 Å². The van der Waals surface area contributed by atoms with Crippen LogP contribution in [0.15, 0.2) is 6.20 Å². The van der Waals surface area contributed by atoms with Crippen molar-refractivity contribution in [2.45, 2.75) is 128 Å². The minimum Gasteiger partial charge on any atom is -0.443 e. The van der Waals surface area contributed by atoms with Crippen molar-refractivity contribution in [1.82, 2.24) is 19.7 Å². The van der Waals surface area contributed by atoms with Gasteiger partial charge < -0.3 is 32.7 Å². The molecule has 1 aliphatic carbocycles. The Morgan fingerprint density at radius 2 is 1.77 bits per heavy atom. The molecule has 0 aromatic carbocycles. The topological polar surface area (TPSA) is 146 Å². The van der Waals surface area contributed by atoms with Crippen LogP contribution in [0.4, 0.5) is 10.6 Å². The number of aromatic nitrogens is 4. The summed E-state index contributed by atoms with van der Waals surface area (Å²) in [6, 6.07) is -0.113. The van der Waals surface area contributed by atoms with Gasteiger partial charge in [0, 0.05) is 11.8 Å². The number of rotatable bonds is 13. The summed E-state index contributed by atoms with van der Waals surface area (Å²) >= 11 is 8.02. The smallest absolute Gasteiger partial charge is 0.416 e. The fourth-order valence-electron chi connectivity index (χ4n) is 6.51. The van der Waals surface area contributed by atoms with Crippen LogP contribution >= 0.6 is 31.0 Å². The van der Waals surface area contributed by atoms with E-state index in [9.17, 15) is 9.36 Å². The first-order chi connectivity index (χ1) is 22.5. The van der Waals surface area contributed by atoms with Crippen LogP contribution in [-0.2, 0) is 37.3 Å². The molecule has 4 heterocycles. The molecule has 17 heteroatoms. The first-order valence-corrected chi connectivity index (χ1v) is 19.8. The lowest BCUT2D eigenvalue weighted by Gasteiger charge is -2.36. The molecule has 5 rings (SSSR count). The van der Waals surface area contributed by atoms with Crippen molar-refractivity contribution in [3.63, 3.8) is 0 Å². The molecule has 0 spiro atoms. The summed E-state index contributed by atoms with van der Waals surface area (Å²) in [5, 5.41) is 3.87. The third-order valence-electron chi connectivity index (χ3n) is 8.43. The van der Waals surface area contributed by atoms with E-state index < -0.39 is 55.0 Å². The van der Waals surface area contributed by atoms with Crippen LogP contribution in [0.25, 0.3) is 11.0 Å². The summed E-state index contributed by atoms with van der Waals surface area (Å²) in [5.74, 6) is -0.249. The zero-order valence-electron chi connectivity index (χ0n) is 29.3. The van der Waals surface area contributed by atoms with Crippen LogP contribution < -0.4 is 4.90 Å². The Morgan fingerprint density at radius 3 is 2.38 bits per heavy atom. The van der Waals surface area contributed by atoms with Gasteiger partial charge in [-0.15, -0.1) is 0 Å². The summed E-state index contributed by atoms with van der Waals surface area (Å²) in [6.07, 6.45) is 3.97. The van der Waals surface area contributed by atoms with Crippen molar-refractivity contribution in [3.8, 4) is 0 Å². The molecule has 5 atom stereocenters. The third-order valence-corrected chi connectivity index (χ3v) is 12.3. The van der Waals surface area contributed by atoms with E-state index in [2.05, 4.69) is 15.1 Å². The highest BCUT2D eigenvalue weighted by Gasteiger charge is 2.58. The van der Waals surface area contributed by atoms with Gasteiger partial charge in [-0.3, -0.25) is 9.46 Å². The second-order valence-electron chi connectivity index (χ2n) is 13.8. The number of hydrogen-bond donors (Lipinski definition) is 0. The standard InChI is InChI=1S/C31H49ClN5O9PS/c1-10-41-47(39,42-11-2)31(8,18-48-9)40-17-21-22-23(45-30(6,7)44-22)26(43-21)37-25-20(16-33-37)24(34-27(32)35-25)36(19-14-12-13-15-19)28(38)46-29(3,4)5/h16,19,21-23,26H,10-15,17-18H2,1-9H3/t21-,22-,23-,26-,31?/m1/s1. The van der Waals surface area contributed by atoms with Gasteiger partial charge in [-0.25, -0.2) is 9.48 Å². The second kappa shape index (κ2) is 14.6. The number of ether oxygens (including phenoxy) is 5. The van der Waals surface area contributed by atoms with E-state index >= 15 is 0 Å². The van der Waals surface area contributed by atoms with Crippen LogP contribution in [-0.4, -0.2) is 98.8 Å². The van der Waals surface area contributed by atoms with Gasteiger partial charge in [0.05, 0.1) is 31.4 Å². The molecular formula is C31H49ClN5O9PS. The van der Waals surface area contributed by atoms with Gasteiger partial charge in [0.25, 0.3) is 0 Å². The van der Waals surface area contributed by atoms with E-state index in [1.165, 1.54) is 11.8 Å². The quantitative estimate of drug-likeness (QED) is 0.155. The van der Waals surface area contributed by atoms with E-state index in [1.807, 2.05) is 40.9 Å². The Balaban J connectivity index is 1.49. The normalized spacial score (nSPS) is 25.8. The molecule has 3 aliphatic rings. The molecule has 0 N–H and O–H groups in total. The average molecular weight is 734 g/mol. The summed E-state index contributed by atoms with van der Waals surface area (Å²) in [6.45, 7) is 14.8. The predicted molar refractivity (Wildman–Crippen MR) is 183 cm³/mol. The number of halogens is 1.